The number of aromatic amines is 1. The molecule has 2 N–H and O–H groups in total. The molecular weight excluding hydrogens is 332 g/mol. The third kappa shape index (κ3) is 2.16. The molecule has 6 nitrogen and oxygen atoms in total. The minimum absolute atomic E-state index is 0.00225. The summed E-state index contributed by atoms with van der Waals surface area (Å²) in [7, 11) is 0. The first-order chi connectivity index (χ1) is 12.4. The zero-order valence-electron chi connectivity index (χ0n) is 14.2. The molecule has 0 spiro atoms. The second-order valence-electron chi connectivity index (χ2n) is 6.74. The monoisotopic (exact) mass is 348 g/mol. The normalized spacial score (nSPS) is 14.5. The van der Waals surface area contributed by atoms with Gasteiger partial charge in [0.25, 0.3) is 0 Å². The SMILES string of the molecule is CC(C)C(O)c1n[nH]c2c3c(ccc2c1=O)C(=O)c1ccccc1C3=O. The number of H-pyrrole nitrogens is 1. The fraction of sp³-hybridized carbons (Fsp3) is 0.200. The van der Waals surface area contributed by atoms with Gasteiger partial charge in [0, 0.05) is 22.1 Å². The van der Waals surface area contributed by atoms with Gasteiger partial charge >= 0.3 is 0 Å². The maximum absolute atomic E-state index is 13.0. The molecule has 0 aliphatic heterocycles. The summed E-state index contributed by atoms with van der Waals surface area (Å²) in [5.41, 5.74) is 0.845. The number of benzene rings is 2. The summed E-state index contributed by atoms with van der Waals surface area (Å²) in [6, 6.07) is 9.61. The van der Waals surface area contributed by atoms with Gasteiger partial charge in [0.1, 0.15) is 11.8 Å². The van der Waals surface area contributed by atoms with Gasteiger partial charge in [-0.1, -0.05) is 38.1 Å². The van der Waals surface area contributed by atoms with Crippen molar-refractivity contribution in [3.63, 3.8) is 0 Å². The van der Waals surface area contributed by atoms with E-state index in [-0.39, 0.29) is 45.2 Å². The topological polar surface area (TPSA) is 100 Å². The zero-order valence-corrected chi connectivity index (χ0v) is 14.2. The Morgan fingerprint density at radius 2 is 1.58 bits per heavy atom. The maximum atomic E-state index is 13.0. The second-order valence-corrected chi connectivity index (χ2v) is 6.74. The molecule has 0 saturated carbocycles. The third-order valence-electron chi connectivity index (χ3n) is 4.77. The van der Waals surface area contributed by atoms with Crippen molar-refractivity contribution in [2.45, 2.75) is 20.0 Å². The van der Waals surface area contributed by atoms with E-state index < -0.39 is 11.5 Å². The largest absolute Gasteiger partial charge is 0.386 e. The average molecular weight is 348 g/mol. The number of carbonyl (C=O) groups is 2. The van der Waals surface area contributed by atoms with Crippen molar-refractivity contribution in [2.75, 3.05) is 0 Å². The van der Waals surface area contributed by atoms with Gasteiger partial charge in [-0.25, -0.2) is 0 Å². The van der Waals surface area contributed by atoms with Crippen molar-refractivity contribution in [1.82, 2.24) is 10.2 Å². The molecule has 0 saturated heterocycles. The third-order valence-corrected chi connectivity index (χ3v) is 4.77. The molecule has 0 bridgehead atoms. The molecule has 1 atom stereocenters. The molecule has 4 rings (SSSR count). The minimum Gasteiger partial charge on any atom is -0.386 e. The van der Waals surface area contributed by atoms with Crippen molar-refractivity contribution in [2.24, 2.45) is 5.92 Å². The number of aromatic nitrogens is 2. The van der Waals surface area contributed by atoms with E-state index >= 15 is 0 Å². The van der Waals surface area contributed by atoms with Crippen LogP contribution in [-0.2, 0) is 0 Å². The van der Waals surface area contributed by atoms with Crippen molar-refractivity contribution >= 4 is 22.5 Å². The summed E-state index contributed by atoms with van der Waals surface area (Å²) >= 11 is 0. The van der Waals surface area contributed by atoms with Gasteiger partial charge in [0.15, 0.2) is 11.6 Å². The van der Waals surface area contributed by atoms with E-state index in [1.54, 1.807) is 38.1 Å². The lowest BCUT2D eigenvalue weighted by Gasteiger charge is -2.19. The Hall–Kier alpha value is -3.12. The van der Waals surface area contributed by atoms with Crippen LogP contribution in [0.5, 0.6) is 0 Å². The lowest BCUT2D eigenvalue weighted by Crippen LogP contribution is -2.25. The highest BCUT2D eigenvalue weighted by atomic mass is 16.3. The van der Waals surface area contributed by atoms with Crippen LogP contribution >= 0.6 is 0 Å². The first-order valence-corrected chi connectivity index (χ1v) is 8.33. The second kappa shape index (κ2) is 5.71. The Morgan fingerprint density at radius 1 is 0.923 bits per heavy atom. The van der Waals surface area contributed by atoms with Crippen LogP contribution in [0.4, 0.5) is 0 Å². The Morgan fingerprint density at radius 3 is 2.23 bits per heavy atom. The fourth-order valence-corrected chi connectivity index (χ4v) is 3.31. The standard InChI is InChI=1S/C20H16N2O4/c1-9(2)17(23)16-20(26)13-8-7-12-14(15(13)21-22-16)19(25)11-6-4-3-5-10(11)18(12)24/h3-9,17,23H,1-2H3,(H,21,26). The summed E-state index contributed by atoms with van der Waals surface area (Å²) in [5, 5.41) is 17.2. The molecular formula is C20H16N2O4. The van der Waals surface area contributed by atoms with Crippen molar-refractivity contribution in [1.29, 1.82) is 0 Å². The van der Waals surface area contributed by atoms with Gasteiger partial charge < -0.3 is 5.11 Å². The molecule has 1 heterocycles. The van der Waals surface area contributed by atoms with Crippen LogP contribution in [0.25, 0.3) is 10.9 Å². The minimum atomic E-state index is -1.02. The number of aliphatic hydroxyl groups excluding tert-OH is 1. The summed E-state index contributed by atoms with van der Waals surface area (Å²) in [4.78, 5) is 38.5. The summed E-state index contributed by atoms with van der Waals surface area (Å²) in [6.45, 7) is 3.56. The van der Waals surface area contributed by atoms with E-state index in [4.69, 9.17) is 0 Å². The van der Waals surface area contributed by atoms with Gasteiger partial charge in [-0.15, -0.1) is 0 Å². The number of nitrogens with zero attached hydrogens (tertiary/aromatic N) is 1. The van der Waals surface area contributed by atoms with Crippen LogP contribution in [0.15, 0.2) is 41.2 Å². The number of nitrogens with one attached hydrogen (secondary N) is 1. The molecule has 2 aromatic carbocycles. The predicted octanol–water partition coefficient (Wildman–Crippen LogP) is 2.39. The van der Waals surface area contributed by atoms with Crippen molar-refractivity contribution in [3.05, 3.63) is 74.6 Å². The Balaban J connectivity index is 2.02. The van der Waals surface area contributed by atoms with Gasteiger partial charge in [-0.05, 0) is 18.1 Å². The lowest BCUT2D eigenvalue weighted by molar-refractivity contribution is 0.0980. The number of hydrogen-bond acceptors (Lipinski definition) is 5. The lowest BCUT2D eigenvalue weighted by atomic mass is 9.83. The first-order valence-electron chi connectivity index (χ1n) is 8.33. The number of ketones is 2. The molecule has 26 heavy (non-hydrogen) atoms. The van der Waals surface area contributed by atoms with E-state index in [2.05, 4.69) is 10.2 Å². The van der Waals surface area contributed by atoms with Crippen LogP contribution in [0, 0.1) is 5.92 Å². The van der Waals surface area contributed by atoms with E-state index in [0.29, 0.717) is 11.1 Å². The smallest absolute Gasteiger partial charge is 0.213 e. The fourth-order valence-electron chi connectivity index (χ4n) is 3.31. The molecule has 6 heteroatoms. The Bertz CT molecular complexity index is 1140. The zero-order chi connectivity index (χ0) is 18.6. The Kier molecular flexibility index (Phi) is 3.59. The molecule has 3 aromatic rings. The van der Waals surface area contributed by atoms with Crippen molar-refractivity contribution < 1.29 is 14.7 Å². The van der Waals surface area contributed by atoms with Gasteiger partial charge in [0.2, 0.25) is 5.43 Å². The Labute approximate surface area is 148 Å². The van der Waals surface area contributed by atoms with Crippen LogP contribution in [0.3, 0.4) is 0 Å². The molecule has 1 unspecified atom stereocenters. The van der Waals surface area contributed by atoms with Crippen LogP contribution in [0.2, 0.25) is 0 Å². The van der Waals surface area contributed by atoms with Gasteiger partial charge in [0.05, 0.1) is 11.1 Å². The summed E-state index contributed by atoms with van der Waals surface area (Å²) in [6.07, 6.45) is -1.02. The van der Waals surface area contributed by atoms with Gasteiger partial charge in [-0.3, -0.25) is 19.5 Å². The van der Waals surface area contributed by atoms with Crippen LogP contribution in [-0.4, -0.2) is 26.9 Å². The molecule has 0 fully saturated rings. The molecule has 1 aromatic heterocycles. The summed E-state index contributed by atoms with van der Waals surface area (Å²) in [5.74, 6) is -0.770. The van der Waals surface area contributed by atoms with E-state index in [9.17, 15) is 19.5 Å². The number of hydrogen-bond donors (Lipinski definition) is 2. The summed E-state index contributed by atoms with van der Waals surface area (Å²) < 4.78 is 0. The van der Waals surface area contributed by atoms with Gasteiger partial charge in [-0.2, -0.15) is 5.10 Å². The molecule has 1 aliphatic rings. The maximum Gasteiger partial charge on any atom is 0.213 e. The predicted molar refractivity (Wildman–Crippen MR) is 95.5 cm³/mol. The molecule has 0 radical (unpaired) electrons. The number of rotatable bonds is 2. The van der Waals surface area contributed by atoms with E-state index in [1.807, 2.05) is 0 Å². The molecule has 0 amide bonds. The first kappa shape index (κ1) is 16.4. The molecule has 130 valence electrons. The average Bonchev–Trinajstić information content (AvgIpc) is 2.65. The number of carbonyl (C=O) groups excluding carboxylic acids is 2. The quantitative estimate of drug-likeness (QED) is 0.579. The highest BCUT2D eigenvalue weighted by Crippen LogP contribution is 2.31. The van der Waals surface area contributed by atoms with Crippen molar-refractivity contribution in [3.8, 4) is 0 Å². The van der Waals surface area contributed by atoms with Crippen LogP contribution in [0.1, 0.15) is 57.5 Å². The molecule has 1 aliphatic carbocycles. The highest BCUT2D eigenvalue weighted by molar-refractivity contribution is 6.31. The van der Waals surface area contributed by atoms with Crippen LogP contribution < -0.4 is 5.43 Å². The number of fused-ring (bicyclic) bond motifs is 4. The number of aliphatic hydroxyl groups is 1. The van der Waals surface area contributed by atoms with E-state index in [1.165, 1.54) is 12.1 Å². The van der Waals surface area contributed by atoms with E-state index in [0.717, 1.165) is 0 Å². The highest BCUT2D eigenvalue weighted by Gasteiger charge is 2.32.